The van der Waals surface area contributed by atoms with Crippen LogP contribution in [-0.4, -0.2) is 5.91 Å². The highest BCUT2D eigenvalue weighted by Gasteiger charge is 2.13. The lowest BCUT2D eigenvalue weighted by Gasteiger charge is -2.11. The van der Waals surface area contributed by atoms with Crippen LogP contribution in [-0.2, 0) is 11.3 Å². The van der Waals surface area contributed by atoms with Crippen LogP contribution in [0.15, 0.2) is 16.5 Å². The summed E-state index contributed by atoms with van der Waals surface area (Å²) < 4.78 is 5.13. The minimum absolute atomic E-state index is 0.0764. The molecule has 0 fully saturated rings. The molecule has 84 valence electrons. The molecule has 1 heterocycles. The molecule has 0 aliphatic rings. The third kappa shape index (κ3) is 3.59. The standard InChI is InChI=1S/C11H16ClNO2/c1-3-8(4-2)11(14)13-7-9-5-6-10(12)15-9/h5-6,8H,3-4,7H2,1-2H3,(H,13,14). The van der Waals surface area contributed by atoms with Gasteiger partial charge in [-0.1, -0.05) is 13.8 Å². The summed E-state index contributed by atoms with van der Waals surface area (Å²) in [5.41, 5.74) is 0. The van der Waals surface area contributed by atoms with Crippen LogP contribution in [0.2, 0.25) is 5.22 Å². The minimum Gasteiger partial charge on any atom is -0.448 e. The van der Waals surface area contributed by atoms with Gasteiger partial charge in [-0.25, -0.2) is 0 Å². The van der Waals surface area contributed by atoms with Crippen LogP contribution in [0.5, 0.6) is 0 Å². The summed E-state index contributed by atoms with van der Waals surface area (Å²) in [7, 11) is 0. The molecule has 1 rings (SSSR count). The van der Waals surface area contributed by atoms with E-state index >= 15 is 0 Å². The maximum absolute atomic E-state index is 11.6. The van der Waals surface area contributed by atoms with E-state index in [1.54, 1.807) is 12.1 Å². The third-order valence-corrected chi connectivity index (χ3v) is 2.63. The van der Waals surface area contributed by atoms with Crippen LogP contribution in [0.25, 0.3) is 0 Å². The molecule has 1 N–H and O–H groups in total. The molecule has 1 aromatic heterocycles. The van der Waals surface area contributed by atoms with Crippen molar-refractivity contribution in [1.29, 1.82) is 0 Å². The van der Waals surface area contributed by atoms with E-state index < -0.39 is 0 Å². The van der Waals surface area contributed by atoms with Gasteiger partial charge in [0.2, 0.25) is 5.91 Å². The molecule has 3 nitrogen and oxygen atoms in total. The van der Waals surface area contributed by atoms with Crippen molar-refractivity contribution in [3.05, 3.63) is 23.1 Å². The Labute approximate surface area is 94.8 Å². The average Bonchev–Trinajstić information content (AvgIpc) is 2.63. The van der Waals surface area contributed by atoms with Crippen LogP contribution < -0.4 is 5.32 Å². The molecule has 0 spiro atoms. The fourth-order valence-corrected chi connectivity index (χ4v) is 1.59. The molecular formula is C11H16ClNO2. The van der Waals surface area contributed by atoms with Crippen molar-refractivity contribution in [3.63, 3.8) is 0 Å². The van der Waals surface area contributed by atoms with Gasteiger partial charge in [-0.3, -0.25) is 4.79 Å². The van der Waals surface area contributed by atoms with Crippen molar-refractivity contribution >= 4 is 17.5 Å². The van der Waals surface area contributed by atoms with Crippen molar-refractivity contribution in [2.75, 3.05) is 0 Å². The van der Waals surface area contributed by atoms with Gasteiger partial charge in [0.15, 0.2) is 5.22 Å². The number of amides is 1. The van der Waals surface area contributed by atoms with Gasteiger partial charge >= 0.3 is 0 Å². The second kappa shape index (κ2) is 5.81. The summed E-state index contributed by atoms with van der Waals surface area (Å²) in [5, 5.41) is 3.17. The number of carbonyl (C=O) groups is 1. The number of carbonyl (C=O) groups excluding carboxylic acids is 1. The van der Waals surface area contributed by atoms with Gasteiger partial charge in [-0.15, -0.1) is 0 Å². The quantitative estimate of drug-likeness (QED) is 0.844. The van der Waals surface area contributed by atoms with Crippen LogP contribution in [0, 0.1) is 5.92 Å². The number of nitrogens with one attached hydrogen (secondary N) is 1. The van der Waals surface area contributed by atoms with E-state index in [0.29, 0.717) is 17.5 Å². The van der Waals surface area contributed by atoms with Crippen LogP contribution in [0.1, 0.15) is 32.4 Å². The number of furan rings is 1. The summed E-state index contributed by atoms with van der Waals surface area (Å²) in [5.74, 6) is 0.849. The Morgan fingerprint density at radius 2 is 2.13 bits per heavy atom. The van der Waals surface area contributed by atoms with Crippen LogP contribution in [0.4, 0.5) is 0 Å². The van der Waals surface area contributed by atoms with Gasteiger partial charge in [0.05, 0.1) is 6.54 Å². The zero-order valence-electron chi connectivity index (χ0n) is 9.05. The fraction of sp³-hybridized carbons (Fsp3) is 0.545. The first-order chi connectivity index (χ1) is 7.17. The van der Waals surface area contributed by atoms with E-state index in [9.17, 15) is 4.79 Å². The lowest BCUT2D eigenvalue weighted by molar-refractivity contribution is -0.125. The average molecular weight is 230 g/mol. The number of rotatable bonds is 5. The Morgan fingerprint density at radius 1 is 1.47 bits per heavy atom. The summed E-state index contributed by atoms with van der Waals surface area (Å²) in [6.45, 7) is 4.43. The molecule has 15 heavy (non-hydrogen) atoms. The number of hydrogen-bond acceptors (Lipinski definition) is 2. The van der Waals surface area contributed by atoms with Crippen LogP contribution in [0.3, 0.4) is 0 Å². The van der Waals surface area contributed by atoms with E-state index in [1.807, 2.05) is 13.8 Å². The largest absolute Gasteiger partial charge is 0.448 e. The SMILES string of the molecule is CCC(CC)C(=O)NCc1ccc(Cl)o1. The van der Waals surface area contributed by atoms with Gasteiger partial charge in [0.1, 0.15) is 5.76 Å². The molecule has 0 aliphatic carbocycles. The van der Waals surface area contributed by atoms with Gasteiger partial charge in [0.25, 0.3) is 0 Å². The van der Waals surface area contributed by atoms with Gasteiger partial charge in [-0.05, 0) is 36.6 Å². The molecular weight excluding hydrogens is 214 g/mol. The van der Waals surface area contributed by atoms with Gasteiger partial charge in [-0.2, -0.15) is 0 Å². The van der Waals surface area contributed by atoms with E-state index in [1.165, 1.54) is 0 Å². The fourth-order valence-electron chi connectivity index (χ4n) is 1.42. The van der Waals surface area contributed by atoms with Crippen LogP contribution >= 0.6 is 11.6 Å². The first-order valence-corrected chi connectivity index (χ1v) is 5.57. The Hall–Kier alpha value is -0.960. The lowest BCUT2D eigenvalue weighted by Crippen LogP contribution is -2.29. The highest BCUT2D eigenvalue weighted by Crippen LogP contribution is 2.13. The molecule has 0 bridgehead atoms. The zero-order chi connectivity index (χ0) is 11.3. The van der Waals surface area contributed by atoms with E-state index in [4.69, 9.17) is 16.0 Å². The summed E-state index contributed by atoms with van der Waals surface area (Å²) in [4.78, 5) is 11.6. The Morgan fingerprint density at radius 3 is 2.60 bits per heavy atom. The monoisotopic (exact) mass is 229 g/mol. The van der Waals surface area contributed by atoms with Gasteiger partial charge in [0, 0.05) is 5.92 Å². The van der Waals surface area contributed by atoms with E-state index in [0.717, 1.165) is 12.8 Å². The van der Waals surface area contributed by atoms with Crippen molar-refractivity contribution in [1.82, 2.24) is 5.32 Å². The van der Waals surface area contributed by atoms with Crippen molar-refractivity contribution in [2.45, 2.75) is 33.2 Å². The highest BCUT2D eigenvalue weighted by atomic mass is 35.5. The smallest absolute Gasteiger partial charge is 0.223 e. The molecule has 0 saturated carbocycles. The topological polar surface area (TPSA) is 42.2 Å². The molecule has 1 aromatic rings. The molecule has 0 unspecified atom stereocenters. The predicted molar refractivity (Wildman–Crippen MR) is 59.6 cm³/mol. The molecule has 0 saturated heterocycles. The molecule has 1 amide bonds. The second-order valence-electron chi connectivity index (χ2n) is 3.44. The molecule has 0 aromatic carbocycles. The number of halogens is 1. The third-order valence-electron chi connectivity index (χ3n) is 2.42. The lowest BCUT2D eigenvalue weighted by atomic mass is 10.0. The predicted octanol–water partition coefficient (Wildman–Crippen LogP) is 2.99. The van der Waals surface area contributed by atoms with E-state index in [2.05, 4.69) is 5.32 Å². The molecule has 0 radical (unpaired) electrons. The first kappa shape index (κ1) is 12.1. The van der Waals surface area contributed by atoms with Crippen molar-refractivity contribution in [3.8, 4) is 0 Å². The minimum atomic E-state index is 0.0764. The van der Waals surface area contributed by atoms with Crippen molar-refractivity contribution in [2.24, 2.45) is 5.92 Å². The Balaban J connectivity index is 2.40. The molecule has 4 heteroatoms. The normalized spacial score (nSPS) is 10.7. The maximum Gasteiger partial charge on any atom is 0.223 e. The van der Waals surface area contributed by atoms with Crippen molar-refractivity contribution < 1.29 is 9.21 Å². The first-order valence-electron chi connectivity index (χ1n) is 5.19. The summed E-state index contributed by atoms with van der Waals surface area (Å²) in [6.07, 6.45) is 1.72. The zero-order valence-corrected chi connectivity index (χ0v) is 9.80. The molecule has 0 aliphatic heterocycles. The number of hydrogen-bond donors (Lipinski definition) is 1. The highest BCUT2D eigenvalue weighted by molar-refractivity contribution is 6.28. The van der Waals surface area contributed by atoms with Gasteiger partial charge < -0.3 is 9.73 Å². The molecule has 0 atom stereocenters. The summed E-state index contributed by atoms with van der Waals surface area (Å²) >= 11 is 5.61. The maximum atomic E-state index is 11.6. The second-order valence-corrected chi connectivity index (χ2v) is 3.81. The Kier molecular flexibility index (Phi) is 4.69. The summed E-state index contributed by atoms with van der Waals surface area (Å²) in [6, 6.07) is 3.43. The Bertz CT molecular complexity index is 318. The van der Waals surface area contributed by atoms with E-state index in [-0.39, 0.29) is 11.8 Å².